The van der Waals surface area contributed by atoms with Gasteiger partial charge < -0.3 is 24.9 Å². The van der Waals surface area contributed by atoms with Gasteiger partial charge in [0.2, 0.25) is 5.43 Å². The molecule has 12 heteroatoms. The normalized spacial score (nSPS) is 16.1. The second kappa shape index (κ2) is 9.83. The number of nitrogens with zero attached hydrogens (tertiary/aromatic N) is 5. The number of pyridine rings is 1. The molecule has 3 amide bonds. The molecule has 0 unspecified atom stereocenters. The quantitative estimate of drug-likeness (QED) is 0.418. The molecule has 0 spiro atoms. The molecule has 5 rings (SSSR count). The molecule has 3 aromatic heterocycles. The Kier molecular flexibility index (Phi) is 6.65. The van der Waals surface area contributed by atoms with Crippen LogP contribution in [0, 0.1) is 5.92 Å². The van der Waals surface area contributed by atoms with Crippen molar-refractivity contribution in [3.05, 3.63) is 45.6 Å². The van der Waals surface area contributed by atoms with Gasteiger partial charge in [0.15, 0.2) is 17.1 Å². The first-order valence-electron chi connectivity index (χ1n) is 13.2. The molecule has 1 aliphatic heterocycles. The van der Waals surface area contributed by atoms with Gasteiger partial charge in [-0.1, -0.05) is 13.8 Å². The minimum absolute atomic E-state index is 0.126. The number of carbonyl (C=O) groups is 3. The third kappa shape index (κ3) is 4.64. The van der Waals surface area contributed by atoms with Crippen molar-refractivity contribution >= 4 is 34.7 Å². The van der Waals surface area contributed by atoms with Crippen LogP contribution in [0.3, 0.4) is 0 Å². The Hall–Kier alpha value is -4.22. The molecule has 206 valence electrons. The molecule has 0 saturated heterocycles. The van der Waals surface area contributed by atoms with Gasteiger partial charge in [-0.15, -0.1) is 0 Å². The molecule has 2 aliphatic rings. The SMILES string of the molecule is CC(C)[C@H](NC(=O)c1c[nH]c2ncc(C3CC3)nc12)C(=O)N(C)c1cc(=O)c(O)c2n1CCN(C(C)C)C2=O. The zero-order valence-electron chi connectivity index (χ0n) is 22.7. The fourth-order valence-corrected chi connectivity index (χ4v) is 4.99. The highest BCUT2D eigenvalue weighted by atomic mass is 16.3. The summed E-state index contributed by atoms with van der Waals surface area (Å²) in [5.41, 5.74) is 1.17. The van der Waals surface area contributed by atoms with E-state index in [2.05, 4.69) is 20.3 Å². The fraction of sp³-hybridized carbons (Fsp3) is 0.481. The number of H-pyrrole nitrogens is 1. The number of amides is 3. The lowest BCUT2D eigenvalue weighted by Crippen LogP contribution is -2.52. The Labute approximate surface area is 225 Å². The van der Waals surface area contributed by atoms with E-state index in [1.54, 1.807) is 24.9 Å². The molecule has 39 heavy (non-hydrogen) atoms. The molecule has 3 aromatic rings. The van der Waals surface area contributed by atoms with Crippen LogP contribution in [0.2, 0.25) is 0 Å². The van der Waals surface area contributed by atoms with E-state index in [-0.39, 0.29) is 30.0 Å². The van der Waals surface area contributed by atoms with Crippen molar-refractivity contribution in [3.63, 3.8) is 0 Å². The summed E-state index contributed by atoms with van der Waals surface area (Å²) in [7, 11) is 1.49. The molecule has 4 heterocycles. The molecule has 1 saturated carbocycles. The lowest BCUT2D eigenvalue weighted by molar-refractivity contribution is -0.121. The monoisotopic (exact) mass is 535 g/mol. The lowest BCUT2D eigenvalue weighted by Gasteiger charge is -2.36. The smallest absolute Gasteiger partial charge is 0.274 e. The van der Waals surface area contributed by atoms with Gasteiger partial charge in [0.1, 0.15) is 17.4 Å². The van der Waals surface area contributed by atoms with E-state index in [1.165, 1.54) is 22.7 Å². The highest BCUT2D eigenvalue weighted by Gasteiger charge is 2.35. The van der Waals surface area contributed by atoms with Crippen LogP contribution in [0.5, 0.6) is 5.75 Å². The Morgan fingerprint density at radius 3 is 2.54 bits per heavy atom. The molecule has 1 fully saturated rings. The maximum atomic E-state index is 13.7. The van der Waals surface area contributed by atoms with Gasteiger partial charge in [0.05, 0.1) is 17.5 Å². The number of hydrogen-bond donors (Lipinski definition) is 3. The summed E-state index contributed by atoms with van der Waals surface area (Å²) in [4.78, 5) is 67.7. The predicted octanol–water partition coefficient (Wildman–Crippen LogP) is 1.98. The van der Waals surface area contributed by atoms with Gasteiger partial charge >= 0.3 is 0 Å². The van der Waals surface area contributed by atoms with Crippen molar-refractivity contribution in [1.82, 2.24) is 29.7 Å². The summed E-state index contributed by atoms with van der Waals surface area (Å²) in [5, 5.41) is 13.3. The number of fused-ring (bicyclic) bond motifs is 2. The van der Waals surface area contributed by atoms with Crippen molar-refractivity contribution < 1.29 is 19.5 Å². The number of hydrogen-bond acceptors (Lipinski definition) is 7. The molecule has 0 aromatic carbocycles. The van der Waals surface area contributed by atoms with Crippen LogP contribution in [0.15, 0.2) is 23.3 Å². The Morgan fingerprint density at radius 1 is 1.18 bits per heavy atom. The van der Waals surface area contributed by atoms with E-state index in [0.717, 1.165) is 24.6 Å². The maximum absolute atomic E-state index is 13.7. The largest absolute Gasteiger partial charge is 0.503 e. The average Bonchev–Trinajstić information content (AvgIpc) is 3.66. The third-order valence-electron chi connectivity index (χ3n) is 7.45. The van der Waals surface area contributed by atoms with E-state index in [9.17, 15) is 24.3 Å². The minimum atomic E-state index is -0.946. The molecule has 1 aliphatic carbocycles. The molecule has 0 radical (unpaired) electrons. The zero-order chi connectivity index (χ0) is 28.2. The van der Waals surface area contributed by atoms with Crippen LogP contribution in [0.4, 0.5) is 5.82 Å². The van der Waals surface area contributed by atoms with Gasteiger partial charge in [-0.25, -0.2) is 9.97 Å². The summed E-state index contributed by atoms with van der Waals surface area (Å²) in [6, 6.07) is 0.0700. The van der Waals surface area contributed by atoms with Crippen LogP contribution in [-0.4, -0.2) is 72.9 Å². The van der Waals surface area contributed by atoms with Crippen LogP contribution in [0.1, 0.15) is 73.0 Å². The van der Waals surface area contributed by atoms with Crippen LogP contribution >= 0.6 is 0 Å². The standard InChI is InChI=1S/C27H33N7O5/c1-13(2)20(31-25(37)16-11-28-24-21(16)30-17(12-29-24)15-6-7-15)26(38)32(5)19-10-18(35)23(36)22-27(39)33(14(3)4)8-9-34(19)22/h10-15,20,36H,6-9H2,1-5H3,(H,28,29)(H,31,37)/t20-/m0/s1. The first-order chi connectivity index (χ1) is 18.5. The number of nitrogens with one attached hydrogen (secondary N) is 2. The molecule has 12 nitrogen and oxygen atoms in total. The first kappa shape index (κ1) is 26.4. The number of carbonyl (C=O) groups excluding carboxylic acids is 3. The number of likely N-dealkylation sites (N-methyl/N-ethyl adjacent to an activating group) is 1. The Morgan fingerprint density at radius 2 is 1.90 bits per heavy atom. The zero-order valence-corrected chi connectivity index (χ0v) is 22.7. The summed E-state index contributed by atoms with van der Waals surface area (Å²) in [5.74, 6) is -1.84. The van der Waals surface area contributed by atoms with Gasteiger partial charge in [-0.3, -0.25) is 24.1 Å². The number of aromatic hydroxyl groups is 1. The van der Waals surface area contributed by atoms with Crippen molar-refractivity contribution in [3.8, 4) is 5.75 Å². The Bertz CT molecular complexity index is 1540. The molecule has 0 bridgehead atoms. The van der Waals surface area contributed by atoms with Crippen molar-refractivity contribution in [2.75, 3.05) is 18.5 Å². The van der Waals surface area contributed by atoms with E-state index in [4.69, 9.17) is 0 Å². The second-order valence-electron chi connectivity index (χ2n) is 10.9. The van der Waals surface area contributed by atoms with E-state index < -0.39 is 34.9 Å². The van der Waals surface area contributed by atoms with Crippen molar-refractivity contribution in [1.29, 1.82) is 0 Å². The minimum Gasteiger partial charge on any atom is -0.503 e. The summed E-state index contributed by atoms with van der Waals surface area (Å²) < 4.78 is 1.49. The number of rotatable bonds is 7. The number of aromatic amines is 1. The predicted molar refractivity (Wildman–Crippen MR) is 144 cm³/mol. The molecular formula is C27H33N7O5. The van der Waals surface area contributed by atoms with Crippen LogP contribution < -0.4 is 15.6 Å². The molecular weight excluding hydrogens is 502 g/mol. The van der Waals surface area contributed by atoms with Gasteiger partial charge in [-0.05, 0) is 32.6 Å². The number of aromatic nitrogens is 4. The Balaban J connectivity index is 1.44. The summed E-state index contributed by atoms with van der Waals surface area (Å²) in [6.07, 6.45) is 5.35. The van der Waals surface area contributed by atoms with Crippen molar-refractivity contribution in [2.24, 2.45) is 5.92 Å². The highest BCUT2D eigenvalue weighted by Crippen LogP contribution is 2.39. The highest BCUT2D eigenvalue weighted by molar-refractivity contribution is 6.07. The van der Waals surface area contributed by atoms with E-state index >= 15 is 0 Å². The fourth-order valence-electron chi connectivity index (χ4n) is 4.99. The molecule has 1 atom stereocenters. The third-order valence-corrected chi connectivity index (χ3v) is 7.45. The van der Waals surface area contributed by atoms with Crippen LogP contribution in [-0.2, 0) is 11.3 Å². The first-order valence-corrected chi connectivity index (χ1v) is 13.2. The summed E-state index contributed by atoms with van der Waals surface area (Å²) >= 11 is 0. The maximum Gasteiger partial charge on any atom is 0.274 e. The molecule has 3 N–H and O–H groups in total. The lowest BCUT2D eigenvalue weighted by atomic mass is 10.0. The van der Waals surface area contributed by atoms with Crippen molar-refractivity contribution in [2.45, 2.75) is 65.1 Å². The number of anilines is 1. The second-order valence-corrected chi connectivity index (χ2v) is 10.9. The van der Waals surface area contributed by atoms with E-state index in [1.807, 2.05) is 13.8 Å². The summed E-state index contributed by atoms with van der Waals surface area (Å²) in [6.45, 7) is 7.96. The van der Waals surface area contributed by atoms with Gasteiger partial charge in [0.25, 0.3) is 17.7 Å². The average molecular weight is 536 g/mol. The topological polar surface area (TPSA) is 154 Å². The van der Waals surface area contributed by atoms with Gasteiger partial charge in [0, 0.05) is 44.4 Å². The van der Waals surface area contributed by atoms with E-state index in [0.29, 0.717) is 29.2 Å². The van der Waals surface area contributed by atoms with Crippen LogP contribution in [0.25, 0.3) is 11.2 Å². The van der Waals surface area contributed by atoms with Gasteiger partial charge in [-0.2, -0.15) is 0 Å².